The number of halogens is 2. The smallest absolute Gasteiger partial charge is 0.290 e. The van der Waals surface area contributed by atoms with Crippen LogP contribution < -0.4 is 5.32 Å². The Labute approximate surface area is 184 Å². The van der Waals surface area contributed by atoms with Gasteiger partial charge in [-0.3, -0.25) is 9.59 Å². The Kier molecular flexibility index (Phi) is 5.36. The van der Waals surface area contributed by atoms with Crippen molar-refractivity contribution in [2.45, 2.75) is 51.2 Å². The Morgan fingerprint density at radius 3 is 2.66 bits per heavy atom. The number of nitrogens with zero attached hydrogens (tertiary/aromatic N) is 3. The molecule has 1 aliphatic heterocycles. The van der Waals surface area contributed by atoms with Crippen molar-refractivity contribution in [3.05, 3.63) is 65.0 Å². The van der Waals surface area contributed by atoms with Crippen molar-refractivity contribution in [3.63, 3.8) is 0 Å². The van der Waals surface area contributed by atoms with Crippen LogP contribution in [-0.2, 0) is 13.1 Å². The minimum Gasteiger partial charge on any atom is -0.348 e. The maximum absolute atomic E-state index is 13.8. The van der Waals surface area contributed by atoms with Crippen LogP contribution in [0.15, 0.2) is 36.4 Å². The van der Waals surface area contributed by atoms with Crippen molar-refractivity contribution in [2.24, 2.45) is 0 Å². The summed E-state index contributed by atoms with van der Waals surface area (Å²) in [6.07, 6.45) is 5.64. The predicted octanol–water partition coefficient (Wildman–Crippen LogP) is 4.03. The van der Waals surface area contributed by atoms with E-state index < -0.39 is 17.5 Å². The summed E-state index contributed by atoms with van der Waals surface area (Å²) in [5.74, 6) is -1.39. The molecule has 32 heavy (non-hydrogen) atoms. The van der Waals surface area contributed by atoms with Gasteiger partial charge in [0.1, 0.15) is 11.6 Å². The highest BCUT2D eigenvalue weighted by Crippen LogP contribution is 2.28. The molecule has 2 aromatic carbocycles. The molecule has 1 aromatic heterocycles. The molecule has 1 aliphatic carbocycles. The molecule has 6 nitrogen and oxygen atoms in total. The number of carbonyl (C=O) groups is 2. The molecule has 0 radical (unpaired) electrons. The average Bonchev–Trinajstić information content (AvgIpc) is 3.18. The van der Waals surface area contributed by atoms with Crippen LogP contribution in [0.5, 0.6) is 0 Å². The lowest BCUT2D eigenvalue weighted by Gasteiger charge is -2.36. The minimum absolute atomic E-state index is 0.0443. The summed E-state index contributed by atoms with van der Waals surface area (Å²) in [5.41, 5.74) is 1.97. The highest BCUT2D eigenvalue weighted by Gasteiger charge is 2.33. The molecule has 2 aliphatic rings. The second kappa shape index (κ2) is 8.33. The largest absolute Gasteiger partial charge is 0.348 e. The molecule has 0 unspecified atom stereocenters. The number of rotatable bonds is 4. The third-order valence-corrected chi connectivity index (χ3v) is 6.50. The number of imidazole rings is 1. The van der Waals surface area contributed by atoms with Crippen molar-refractivity contribution in [2.75, 3.05) is 6.54 Å². The lowest BCUT2D eigenvalue weighted by atomic mass is 9.94. The van der Waals surface area contributed by atoms with E-state index in [0.29, 0.717) is 30.0 Å². The van der Waals surface area contributed by atoms with Crippen LogP contribution in [-0.4, -0.2) is 38.9 Å². The van der Waals surface area contributed by atoms with Crippen LogP contribution in [0.4, 0.5) is 8.78 Å². The molecule has 5 rings (SSSR count). The van der Waals surface area contributed by atoms with E-state index in [1.807, 2.05) is 9.47 Å². The molecule has 8 heteroatoms. The van der Waals surface area contributed by atoms with Gasteiger partial charge in [0.15, 0.2) is 5.82 Å². The molecule has 0 spiro atoms. The first-order valence-electron chi connectivity index (χ1n) is 11.0. The zero-order valence-electron chi connectivity index (χ0n) is 17.6. The summed E-state index contributed by atoms with van der Waals surface area (Å²) in [6.45, 7) is 1.30. The summed E-state index contributed by atoms with van der Waals surface area (Å²) in [6, 6.07) is 8.65. The van der Waals surface area contributed by atoms with Crippen LogP contribution >= 0.6 is 0 Å². The molecule has 1 N–H and O–H groups in total. The van der Waals surface area contributed by atoms with Gasteiger partial charge in [0.2, 0.25) is 0 Å². The van der Waals surface area contributed by atoms with Crippen molar-refractivity contribution in [1.82, 2.24) is 19.8 Å². The Balaban J connectivity index is 1.35. The number of hydrogen-bond donors (Lipinski definition) is 1. The lowest BCUT2D eigenvalue weighted by Crippen LogP contribution is -2.47. The summed E-state index contributed by atoms with van der Waals surface area (Å²) in [5, 5.41) is 2.65. The fraction of sp³-hybridized carbons (Fsp3) is 0.375. The van der Waals surface area contributed by atoms with Gasteiger partial charge in [0.05, 0.1) is 11.0 Å². The topological polar surface area (TPSA) is 67.2 Å². The van der Waals surface area contributed by atoms with E-state index in [1.54, 1.807) is 18.2 Å². The van der Waals surface area contributed by atoms with E-state index in [4.69, 9.17) is 0 Å². The third-order valence-electron chi connectivity index (χ3n) is 6.50. The maximum atomic E-state index is 13.8. The minimum atomic E-state index is -0.705. The molecule has 0 saturated heterocycles. The number of aromatic nitrogens is 2. The highest BCUT2D eigenvalue weighted by atomic mass is 19.1. The molecule has 2 heterocycles. The summed E-state index contributed by atoms with van der Waals surface area (Å²) in [7, 11) is 0. The number of benzene rings is 2. The van der Waals surface area contributed by atoms with E-state index in [-0.39, 0.29) is 24.1 Å². The Hall–Kier alpha value is -3.29. The van der Waals surface area contributed by atoms with Crippen LogP contribution in [0.1, 0.15) is 58.6 Å². The molecule has 0 atom stereocenters. The van der Waals surface area contributed by atoms with Crippen molar-refractivity contribution in [1.29, 1.82) is 0 Å². The maximum Gasteiger partial charge on any atom is 0.290 e. The second-order valence-electron chi connectivity index (χ2n) is 8.50. The van der Waals surface area contributed by atoms with Crippen LogP contribution in [0.3, 0.4) is 0 Å². The van der Waals surface area contributed by atoms with E-state index in [9.17, 15) is 18.4 Å². The van der Waals surface area contributed by atoms with Gasteiger partial charge in [-0.15, -0.1) is 0 Å². The quantitative estimate of drug-likeness (QED) is 0.669. The van der Waals surface area contributed by atoms with E-state index in [1.165, 1.54) is 12.5 Å². The standard InChI is InChI=1S/C24H24F2N4O2/c25-17-8-6-16(19(26)13-17)14-27-23(31)15-7-9-21-20(12-15)28-22-24(32)29(10-11-30(21)22)18-4-2-1-3-5-18/h6-9,12-13,18H,1-5,10-11,14H2,(H,27,31). The average molecular weight is 438 g/mol. The summed E-state index contributed by atoms with van der Waals surface area (Å²) < 4.78 is 28.8. The lowest BCUT2D eigenvalue weighted by molar-refractivity contribution is 0.0566. The first-order chi connectivity index (χ1) is 15.5. The summed E-state index contributed by atoms with van der Waals surface area (Å²) >= 11 is 0. The number of carbonyl (C=O) groups excluding carboxylic acids is 2. The second-order valence-corrected chi connectivity index (χ2v) is 8.50. The van der Waals surface area contributed by atoms with Gasteiger partial charge in [-0.25, -0.2) is 13.8 Å². The third kappa shape index (κ3) is 3.74. The fourth-order valence-electron chi connectivity index (χ4n) is 4.78. The van der Waals surface area contributed by atoms with Crippen LogP contribution in [0.2, 0.25) is 0 Å². The predicted molar refractivity (Wildman–Crippen MR) is 115 cm³/mol. The molecule has 3 aromatic rings. The van der Waals surface area contributed by atoms with E-state index in [2.05, 4.69) is 10.3 Å². The SMILES string of the molecule is O=C(NCc1ccc(F)cc1F)c1ccc2c(c1)nc1n2CCN(C2CCCCC2)C1=O. The molecular formula is C24H24F2N4O2. The normalized spacial score (nSPS) is 16.9. The zero-order valence-corrected chi connectivity index (χ0v) is 17.6. The van der Waals surface area contributed by atoms with Gasteiger partial charge in [0.25, 0.3) is 11.8 Å². The molecule has 1 saturated carbocycles. The molecule has 1 fully saturated rings. The van der Waals surface area contributed by atoms with Crippen molar-refractivity contribution < 1.29 is 18.4 Å². The fourth-order valence-corrected chi connectivity index (χ4v) is 4.78. The number of amides is 2. The van der Waals surface area contributed by atoms with Gasteiger partial charge in [-0.1, -0.05) is 25.3 Å². The molecular weight excluding hydrogens is 414 g/mol. The van der Waals surface area contributed by atoms with Crippen LogP contribution in [0.25, 0.3) is 11.0 Å². The van der Waals surface area contributed by atoms with Crippen molar-refractivity contribution >= 4 is 22.8 Å². The highest BCUT2D eigenvalue weighted by molar-refractivity contribution is 6.00. The number of nitrogens with one attached hydrogen (secondary N) is 1. The Morgan fingerprint density at radius 2 is 1.88 bits per heavy atom. The molecule has 0 bridgehead atoms. The first-order valence-corrected chi connectivity index (χ1v) is 11.0. The first kappa shape index (κ1) is 20.6. The van der Waals surface area contributed by atoms with Gasteiger partial charge in [-0.2, -0.15) is 0 Å². The van der Waals surface area contributed by atoms with E-state index >= 15 is 0 Å². The zero-order chi connectivity index (χ0) is 22.2. The summed E-state index contributed by atoms with van der Waals surface area (Å²) in [4.78, 5) is 32.2. The van der Waals surface area contributed by atoms with E-state index in [0.717, 1.165) is 43.3 Å². The number of hydrogen-bond acceptors (Lipinski definition) is 3. The molecule has 2 amide bonds. The van der Waals surface area contributed by atoms with Crippen molar-refractivity contribution in [3.8, 4) is 0 Å². The number of fused-ring (bicyclic) bond motifs is 3. The van der Waals surface area contributed by atoms with Gasteiger partial charge in [0, 0.05) is 42.9 Å². The van der Waals surface area contributed by atoms with Gasteiger partial charge >= 0.3 is 0 Å². The van der Waals surface area contributed by atoms with Gasteiger partial charge in [-0.05, 0) is 37.1 Å². The Morgan fingerprint density at radius 1 is 1.06 bits per heavy atom. The van der Waals surface area contributed by atoms with Crippen LogP contribution in [0, 0.1) is 11.6 Å². The molecule has 166 valence electrons. The monoisotopic (exact) mass is 438 g/mol. The van der Waals surface area contributed by atoms with Gasteiger partial charge < -0.3 is 14.8 Å². The Bertz CT molecular complexity index is 1200.